The second-order valence-corrected chi connectivity index (χ2v) is 5.47. The normalized spacial score (nSPS) is 13.0. The van der Waals surface area contributed by atoms with E-state index in [0.717, 1.165) is 10.9 Å². The largest absolute Gasteiger partial charge is 0.433 e. The number of hydrazine groups is 1. The lowest BCUT2D eigenvalue weighted by Gasteiger charge is -2.16. The summed E-state index contributed by atoms with van der Waals surface area (Å²) in [4.78, 5) is 8.31. The van der Waals surface area contributed by atoms with Crippen molar-refractivity contribution in [3.63, 3.8) is 0 Å². The number of nitrogens with two attached hydrogens (primary N) is 1. The monoisotopic (exact) mass is 317 g/mol. The predicted molar refractivity (Wildman–Crippen MR) is 76.0 cm³/mol. The summed E-state index contributed by atoms with van der Waals surface area (Å²) in [5, 5.41) is 4.88. The molecule has 1 atom stereocenters. The third kappa shape index (κ3) is 4.30. The molecule has 0 fully saturated rings. The highest BCUT2D eigenvalue weighted by Crippen LogP contribution is 2.29. The first-order valence-corrected chi connectivity index (χ1v) is 6.98. The Bertz CT molecular complexity index is 585. The van der Waals surface area contributed by atoms with Gasteiger partial charge in [-0.3, -0.25) is 5.43 Å². The van der Waals surface area contributed by atoms with Crippen molar-refractivity contribution in [2.24, 2.45) is 5.84 Å². The molecule has 0 aliphatic heterocycles. The minimum absolute atomic E-state index is 0.0781. The van der Waals surface area contributed by atoms with Crippen molar-refractivity contribution >= 4 is 23.1 Å². The molecule has 0 radical (unpaired) electrons. The average molecular weight is 317 g/mol. The zero-order chi connectivity index (χ0) is 15.5. The molecule has 4 N–H and O–H groups in total. The first-order valence-electron chi connectivity index (χ1n) is 6.10. The molecule has 0 spiro atoms. The zero-order valence-electron chi connectivity index (χ0n) is 11.1. The molecule has 21 heavy (non-hydrogen) atoms. The SMILES string of the molecule is CC(Cc1cccs1)Nc1cc(C(F)(F)F)nc(NN)n1. The zero-order valence-corrected chi connectivity index (χ0v) is 11.9. The van der Waals surface area contributed by atoms with Crippen LogP contribution < -0.4 is 16.6 Å². The Balaban J connectivity index is 2.15. The maximum absolute atomic E-state index is 12.7. The van der Waals surface area contributed by atoms with E-state index in [0.29, 0.717) is 6.42 Å². The Labute approximate surface area is 123 Å². The van der Waals surface area contributed by atoms with E-state index in [4.69, 9.17) is 5.84 Å². The number of hydrogen-bond donors (Lipinski definition) is 3. The van der Waals surface area contributed by atoms with Gasteiger partial charge in [0.2, 0.25) is 5.95 Å². The molecule has 0 aliphatic carbocycles. The molecule has 0 saturated carbocycles. The summed E-state index contributed by atoms with van der Waals surface area (Å²) in [6.07, 6.45) is -3.86. The molecule has 9 heteroatoms. The number of nitrogens with zero attached hydrogens (tertiary/aromatic N) is 2. The molecule has 0 aromatic carbocycles. The van der Waals surface area contributed by atoms with Gasteiger partial charge in [-0.25, -0.2) is 10.8 Å². The molecule has 2 rings (SSSR count). The summed E-state index contributed by atoms with van der Waals surface area (Å²) in [7, 11) is 0. The number of rotatable bonds is 5. The number of thiophene rings is 1. The maximum Gasteiger partial charge on any atom is 0.433 e. The molecule has 0 aliphatic rings. The van der Waals surface area contributed by atoms with Crippen LogP contribution in [-0.4, -0.2) is 16.0 Å². The van der Waals surface area contributed by atoms with Gasteiger partial charge in [0.25, 0.3) is 0 Å². The van der Waals surface area contributed by atoms with Crippen LogP contribution in [0.1, 0.15) is 17.5 Å². The van der Waals surface area contributed by atoms with E-state index >= 15 is 0 Å². The fourth-order valence-corrected chi connectivity index (χ4v) is 2.60. The van der Waals surface area contributed by atoms with Gasteiger partial charge in [-0.2, -0.15) is 18.2 Å². The Morgan fingerprint density at radius 3 is 2.71 bits per heavy atom. The summed E-state index contributed by atoms with van der Waals surface area (Å²) >= 11 is 1.59. The first kappa shape index (κ1) is 15.5. The van der Waals surface area contributed by atoms with Gasteiger partial charge in [0.15, 0.2) is 5.69 Å². The van der Waals surface area contributed by atoms with E-state index in [1.165, 1.54) is 0 Å². The molecule has 2 aromatic rings. The maximum atomic E-state index is 12.7. The van der Waals surface area contributed by atoms with E-state index in [-0.39, 0.29) is 17.8 Å². The van der Waals surface area contributed by atoms with E-state index in [1.807, 2.05) is 29.9 Å². The highest BCUT2D eigenvalue weighted by Gasteiger charge is 2.33. The van der Waals surface area contributed by atoms with Crippen molar-refractivity contribution < 1.29 is 13.2 Å². The topological polar surface area (TPSA) is 75.9 Å². The van der Waals surface area contributed by atoms with Crippen LogP contribution >= 0.6 is 11.3 Å². The fourth-order valence-electron chi connectivity index (χ4n) is 1.76. The lowest BCUT2D eigenvalue weighted by atomic mass is 10.2. The Hall–Kier alpha value is -1.87. The van der Waals surface area contributed by atoms with Gasteiger partial charge in [0, 0.05) is 23.4 Å². The average Bonchev–Trinajstić information content (AvgIpc) is 2.89. The summed E-state index contributed by atoms with van der Waals surface area (Å²) in [6.45, 7) is 1.87. The number of nitrogens with one attached hydrogen (secondary N) is 2. The van der Waals surface area contributed by atoms with E-state index in [2.05, 4.69) is 15.3 Å². The number of anilines is 2. The lowest BCUT2D eigenvalue weighted by molar-refractivity contribution is -0.141. The number of halogens is 3. The number of alkyl halides is 3. The van der Waals surface area contributed by atoms with Gasteiger partial charge < -0.3 is 5.32 Å². The summed E-state index contributed by atoms with van der Waals surface area (Å²) in [6, 6.07) is 4.68. The molecule has 0 saturated heterocycles. The lowest BCUT2D eigenvalue weighted by Crippen LogP contribution is -2.21. The van der Waals surface area contributed by atoms with Crippen molar-refractivity contribution in [3.05, 3.63) is 34.2 Å². The van der Waals surface area contributed by atoms with E-state index in [1.54, 1.807) is 11.3 Å². The van der Waals surface area contributed by atoms with Crippen LogP contribution in [0.25, 0.3) is 0 Å². The Morgan fingerprint density at radius 1 is 1.38 bits per heavy atom. The van der Waals surface area contributed by atoms with Gasteiger partial charge in [0.1, 0.15) is 5.82 Å². The van der Waals surface area contributed by atoms with Crippen molar-refractivity contribution in [1.29, 1.82) is 0 Å². The van der Waals surface area contributed by atoms with Crippen molar-refractivity contribution in [2.45, 2.75) is 25.6 Å². The molecule has 1 unspecified atom stereocenters. The number of aromatic nitrogens is 2. The minimum Gasteiger partial charge on any atom is -0.367 e. The third-order valence-electron chi connectivity index (χ3n) is 2.63. The van der Waals surface area contributed by atoms with Crippen LogP contribution in [0.3, 0.4) is 0 Å². The van der Waals surface area contributed by atoms with E-state index < -0.39 is 11.9 Å². The Morgan fingerprint density at radius 2 is 2.14 bits per heavy atom. The second-order valence-electron chi connectivity index (χ2n) is 4.43. The smallest absolute Gasteiger partial charge is 0.367 e. The third-order valence-corrected chi connectivity index (χ3v) is 3.53. The molecule has 5 nitrogen and oxygen atoms in total. The van der Waals surface area contributed by atoms with Gasteiger partial charge in [0.05, 0.1) is 0 Å². The molecule has 0 bridgehead atoms. The van der Waals surface area contributed by atoms with E-state index in [9.17, 15) is 13.2 Å². The van der Waals surface area contributed by atoms with Crippen LogP contribution in [0.2, 0.25) is 0 Å². The Kier molecular flexibility index (Phi) is 4.63. The van der Waals surface area contributed by atoms with Crippen LogP contribution in [0.15, 0.2) is 23.6 Å². The van der Waals surface area contributed by atoms with Gasteiger partial charge in [-0.1, -0.05) is 6.07 Å². The quantitative estimate of drug-likeness (QED) is 0.584. The standard InChI is InChI=1S/C12H14F3N5S/c1-7(5-8-3-2-4-21-8)17-10-6-9(12(13,14)15)18-11(19-10)20-16/h2-4,6-7H,5,16H2,1H3,(H2,17,18,19,20). The second kappa shape index (κ2) is 6.27. The van der Waals surface area contributed by atoms with Gasteiger partial charge in [-0.15, -0.1) is 11.3 Å². The highest BCUT2D eigenvalue weighted by molar-refractivity contribution is 7.09. The molecule has 114 valence electrons. The van der Waals surface area contributed by atoms with Crippen molar-refractivity contribution in [1.82, 2.24) is 9.97 Å². The minimum atomic E-state index is -4.55. The highest BCUT2D eigenvalue weighted by atomic mass is 32.1. The van der Waals surface area contributed by atoms with Crippen molar-refractivity contribution in [3.8, 4) is 0 Å². The van der Waals surface area contributed by atoms with Crippen molar-refractivity contribution in [2.75, 3.05) is 10.7 Å². The number of hydrogen-bond acceptors (Lipinski definition) is 6. The molecule has 2 aromatic heterocycles. The molecular weight excluding hydrogens is 303 g/mol. The van der Waals surface area contributed by atoms with Gasteiger partial charge >= 0.3 is 6.18 Å². The number of nitrogen functional groups attached to an aromatic ring is 1. The molecular formula is C12H14F3N5S. The fraction of sp³-hybridized carbons (Fsp3) is 0.333. The summed E-state index contributed by atoms with van der Waals surface area (Å²) in [5.41, 5.74) is 0.993. The molecule has 2 heterocycles. The molecule has 0 amide bonds. The van der Waals surface area contributed by atoms with Crippen LogP contribution in [-0.2, 0) is 12.6 Å². The van der Waals surface area contributed by atoms with Crippen LogP contribution in [0.5, 0.6) is 0 Å². The summed E-state index contributed by atoms with van der Waals surface area (Å²) in [5.74, 6) is 4.90. The van der Waals surface area contributed by atoms with Crippen LogP contribution in [0, 0.1) is 0 Å². The van der Waals surface area contributed by atoms with Gasteiger partial charge in [-0.05, 0) is 18.4 Å². The first-order chi connectivity index (χ1) is 9.88. The summed E-state index contributed by atoms with van der Waals surface area (Å²) < 4.78 is 38.2. The predicted octanol–water partition coefficient (Wildman–Crippen LogP) is 2.89. The van der Waals surface area contributed by atoms with Crippen LogP contribution in [0.4, 0.5) is 24.9 Å².